The van der Waals surface area contributed by atoms with Crippen molar-refractivity contribution >= 4 is 0 Å². The second-order valence-corrected chi connectivity index (χ2v) is 7.94. The van der Waals surface area contributed by atoms with Gasteiger partial charge in [0.25, 0.3) is 0 Å². The van der Waals surface area contributed by atoms with E-state index in [1.54, 1.807) is 25.7 Å². The first-order chi connectivity index (χ1) is 15.6. The van der Waals surface area contributed by atoms with Crippen LogP contribution >= 0.6 is 0 Å². The molecule has 0 N–H and O–H groups in total. The van der Waals surface area contributed by atoms with Gasteiger partial charge in [-0.25, -0.2) is 9.67 Å². The predicted octanol–water partition coefficient (Wildman–Crippen LogP) is 3.93. The zero-order chi connectivity index (χ0) is 22.1. The van der Waals surface area contributed by atoms with Gasteiger partial charge in [-0.1, -0.05) is 0 Å². The van der Waals surface area contributed by atoms with Crippen LogP contribution in [-0.4, -0.2) is 43.4 Å². The minimum absolute atomic E-state index is 0.405. The van der Waals surface area contributed by atoms with Crippen molar-refractivity contribution in [3.05, 3.63) is 72.5 Å². The Morgan fingerprint density at radius 1 is 1.03 bits per heavy atom. The average Bonchev–Trinajstić information content (AvgIpc) is 3.51. The maximum atomic E-state index is 6.21. The molecule has 1 aliphatic carbocycles. The van der Waals surface area contributed by atoms with Crippen molar-refractivity contribution in [1.29, 1.82) is 0 Å². The molecule has 4 aromatic heterocycles. The van der Waals surface area contributed by atoms with Gasteiger partial charge in [-0.2, -0.15) is 10.1 Å². The predicted molar refractivity (Wildman–Crippen MR) is 119 cm³/mol. The summed E-state index contributed by atoms with van der Waals surface area (Å²) in [6, 6.07) is 7.84. The largest absolute Gasteiger partial charge is 0.495 e. The first kappa shape index (κ1) is 20.1. The van der Waals surface area contributed by atoms with Gasteiger partial charge in [0.15, 0.2) is 0 Å². The lowest BCUT2D eigenvalue weighted by atomic mass is 10.1. The van der Waals surface area contributed by atoms with Crippen LogP contribution in [0.1, 0.15) is 29.6 Å². The highest BCUT2D eigenvalue weighted by Crippen LogP contribution is 2.47. The summed E-state index contributed by atoms with van der Waals surface area (Å²) in [5, 5.41) is 4.55. The molecule has 0 aliphatic heterocycles. The highest BCUT2D eigenvalue weighted by Gasteiger charge is 2.40. The molecule has 0 radical (unpaired) electrons. The fraction of sp³-hybridized carbons (Fsp3) is 0.292. The van der Waals surface area contributed by atoms with Crippen molar-refractivity contribution in [1.82, 2.24) is 29.7 Å². The number of nitrogens with zero attached hydrogens (tertiary/aromatic N) is 6. The molecule has 8 heteroatoms. The van der Waals surface area contributed by atoms with Gasteiger partial charge in [0.2, 0.25) is 5.88 Å². The minimum atomic E-state index is 0.405. The molecule has 0 saturated heterocycles. The Bertz CT molecular complexity index is 1220. The molecule has 8 nitrogen and oxygen atoms in total. The van der Waals surface area contributed by atoms with Crippen LogP contribution in [0.25, 0.3) is 16.8 Å². The minimum Gasteiger partial charge on any atom is -0.495 e. The van der Waals surface area contributed by atoms with Crippen molar-refractivity contribution < 1.29 is 9.47 Å². The van der Waals surface area contributed by atoms with Gasteiger partial charge in [-0.05, 0) is 44.5 Å². The Morgan fingerprint density at radius 2 is 1.94 bits per heavy atom. The number of pyridine rings is 2. The van der Waals surface area contributed by atoms with E-state index in [2.05, 4.69) is 25.0 Å². The zero-order valence-electron chi connectivity index (χ0n) is 18.3. The summed E-state index contributed by atoms with van der Waals surface area (Å²) in [7, 11) is 1.65. The molecular formula is C24H24N6O2. The molecule has 4 heterocycles. The molecule has 0 aromatic carbocycles. The third kappa shape index (κ3) is 3.91. The number of methoxy groups -OCH3 is 1. The van der Waals surface area contributed by atoms with E-state index < -0.39 is 0 Å². The van der Waals surface area contributed by atoms with Crippen molar-refractivity contribution in [3.8, 4) is 28.4 Å². The zero-order valence-corrected chi connectivity index (χ0v) is 18.3. The number of hydrogen-bond donors (Lipinski definition) is 0. The maximum absolute atomic E-state index is 6.21. The van der Waals surface area contributed by atoms with Gasteiger partial charge in [-0.15, -0.1) is 0 Å². The summed E-state index contributed by atoms with van der Waals surface area (Å²) in [5.74, 6) is 2.84. The van der Waals surface area contributed by atoms with E-state index in [4.69, 9.17) is 9.47 Å². The van der Waals surface area contributed by atoms with Crippen LogP contribution in [0.15, 0.2) is 55.2 Å². The van der Waals surface area contributed by atoms with Crippen molar-refractivity contribution in [2.45, 2.75) is 26.2 Å². The Labute approximate surface area is 186 Å². The molecule has 1 fully saturated rings. The average molecular weight is 428 g/mol. The van der Waals surface area contributed by atoms with Crippen LogP contribution < -0.4 is 9.47 Å². The van der Waals surface area contributed by atoms with Crippen LogP contribution in [0.2, 0.25) is 0 Å². The molecule has 1 aliphatic rings. The smallest absolute Gasteiger partial charge is 0.224 e. The van der Waals surface area contributed by atoms with Gasteiger partial charge in [-0.3, -0.25) is 9.97 Å². The molecule has 2 atom stereocenters. The highest BCUT2D eigenvalue weighted by molar-refractivity contribution is 5.70. The van der Waals surface area contributed by atoms with Gasteiger partial charge in [0.1, 0.15) is 11.6 Å². The molecule has 5 rings (SSSR count). The standard InChI is InChI=1S/C24H24N6O2/c1-15-21(13-28-30(15)18-5-4-8-25-10-18)22-12-26-16(2)29-24(22)32-14-17-9-20(17)23-7-6-19(31-3)11-27-23/h4-8,10-13,17,20H,9,14H2,1-3H3/t17-,20+/m1/s1. The molecule has 0 unspecified atom stereocenters. The van der Waals surface area contributed by atoms with E-state index in [1.165, 1.54) is 0 Å². The Balaban J connectivity index is 1.34. The number of rotatable bonds is 7. The lowest BCUT2D eigenvalue weighted by molar-refractivity contribution is 0.285. The number of aryl methyl sites for hydroxylation is 1. The summed E-state index contributed by atoms with van der Waals surface area (Å²) >= 11 is 0. The Kier molecular flexibility index (Phi) is 5.26. The van der Waals surface area contributed by atoms with Crippen LogP contribution in [0.3, 0.4) is 0 Å². The van der Waals surface area contributed by atoms with E-state index >= 15 is 0 Å². The summed E-state index contributed by atoms with van der Waals surface area (Å²) in [6.07, 6.45) is 9.98. The van der Waals surface area contributed by atoms with E-state index in [0.717, 1.165) is 40.4 Å². The molecule has 32 heavy (non-hydrogen) atoms. The first-order valence-electron chi connectivity index (χ1n) is 10.6. The van der Waals surface area contributed by atoms with Crippen LogP contribution in [0.5, 0.6) is 11.6 Å². The van der Waals surface area contributed by atoms with Crippen molar-refractivity contribution in [3.63, 3.8) is 0 Å². The van der Waals surface area contributed by atoms with Crippen molar-refractivity contribution in [2.24, 2.45) is 5.92 Å². The second kappa shape index (κ2) is 8.37. The fourth-order valence-electron chi connectivity index (χ4n) is 3.87. The second-order valence-electron chi connectivity index (χ2n) is 7.94. The lowest BCUT2D eigenvalue weighted by Crippen LogP contribution is -2.06. The normalized spacial score (nSPS) is 17.2. The van der Waals surface area contributed by atoms with E-state index in [0.29, 0.717) is 30.1 Å². The summed E-state index contributed by atoms with van der Waals surface area (Å²) in [5.41, 5.74) is 4.73. The molecule has 1 saturated carbocycles. The monoisotopic (exact) mass is 428 g/mol. The quantitative estimate of drug-likeness (QED) is 0.441. The van der Waals surface area contributed by atoms with Gasteiger partial charge >= 0.3 is 0 Å². The van der Waals surface area contributed by atoms with Crippen LogP contribution in [0, 0.1) is 19.8 Å². The SMILES string of the molecule is COc1ccc([C@H]2C[C@@H]2COc2nc(C)ncc2-c2cnn(-c3cccnc3)c2C)nc1. The highest BCUT2D eigenvalue weighted by atomic mass is 16.5. The fourth-order valence-corrected chi connectivity index (χ4v) is 3.87. The third-order valence-electron chi connectivity index (χ3n) is 5.80. The molecular weight excluding hydrogens is 404 g/mol. The van der Waals surface area contributed by atoms with E-state index in [9.17, 15) is 0 Å². The van der Waals surface area contributed by atoms with Crippen LogP contribution in [-0.2, 0) is 0 Å². The third-order valence-corrected chi connectivity index (χ3v) is 5.80. The summed E-state index contributed by atoms with van der Waals surface area (Å²) in [4.78, 5) is 17.7. The van der Waals surface area contributed by atoms with Gasteiger partial charge in [0, 0.05) is 41.2 Å². The van der Waals surface area contributed by atoms with E-state index in [1.807, 2.05) is 55.2 Å². The topological polar surface area (TPSA) is 87.8 Å². The number of hydrogen-bond acceptors (Lipinski definition) is 7. The Hall–Kier alpha value is -3.81. The van der Waals surface area contributed by atoms with Gasteiger partial charge in [0.05, 0.1) is 43.6 Å². The number of ether oxygens (including phenoxy) is 2. The molecule has 4 aromatic rings. The summed E-state index contributed by atoms with van der Waals surface area (Å²) in [6.45, 7) is 4.46. The van der Waals surface area contributed by atoms with Crippen molar-refractivity contribution in [2.75, 3.05) is 13.7 Å². The van der Waals surface area contributed by atoms with E-state index in [-0.39, 0.29) is 0 Å². The lowest BCUT2D eigenvalue weighted by Gasteiger charge is -2.11. The van der Waals surface area contributed by atoms with Gasteiger partial charge < -0.3 is 9.47 Å². The first-order valence-corrected chi connectivity index (χ1v) is 10.6. The molecule has 0 bridgehead atoms. The van der Waals surface area contributed by atoms with Crippen LogP contribution in [0.4, 0.5) is 0 Å². The Morgan fingerprint density at radius 3 is 2.69 bits per heavy atom. The maximum Gasteiger partial charge on any atom is 0.224 e. The molecule has 162 valence electrons. The summed E-state index contributed by atoms with van der Waals surface area (Å²) < 4.78 is 13.3. The number of aromatic nitrogens is 6. The molecule has 0 amide bonds. The molecule has 0 spiro atoms.